The maximum Gasteiger partial charge on any atom is 0.246 e. The number of hydrogen-bond donors (Lipinski definition) is 2. The third-order valence-corrected chi connectivity index (χ3v) is 8.78. The van der Waals surface area contributed by atoms with E-state index >= 15 is 0 Å². The van der Waals surface area contributed by atoms with Crippen LogP contribution >= 0.6 is 0 Å². The van der Waals surface area contributed by atoms with Crippen LogP contribution in [0.4, 0.5) is 10.1 Å². The summed E-state index contributed by atoms with van der Waals surface area (Å²) in [5, 5.41) is 6.77. The number of benzene rings is 1. The fourth-order valence-corrected chi connectivity index (χ4v) is 6.95. The molecule has 1 aromatic heterocycles. The van der Waals surface area contributed by atoms with Gasteiger partial charge in [-0.15, -0.1) is 0 Å². The van der Waals surface area contributed by atoms with Gasteiger partial charge in [0.15, 0.2) is 5.76 Å². The minimum Gasteiger partial charge on any atom is -0.369 e. The molecule has 0 radical (unpaired) electrons. The molecule has 35 heavy (non-hydrogen) atoms. The standard InChI is InChI=1S/C25H35FN4O4S/c1-16(15-30-12-11-20-14-21(26)9-10-23(20)30)27-25(31)22(13-19-7-5-4-6-8-19)29-35(32,33)24-17(2)28-34-18(24)3/h9-10,14,16,19,22,29H,4-8,11-13,15H2,1-3H3,(H,27,31)/t16-,22-/m0/s1. The summed E-state index contributed by atoms with van der Waals surface area (Å²) in [6.45, 7) is 6.33. The Morgan fingerprint density at radius 1 is 1.26 bits per heavy atom. The predicted octanol–water partition coefficient (Wildman–Crippen LogP) is 3.62. The van der Waals surface area contributed by atoms with Gasteiger partial charge in [-0.25, -0.2) is 12.8 Å². The van der Waals surface area contributed by atoms with E-state index in [1.807, 2.05) is 6.92 Å². The Labute approximate surface area is 206 Å². The normalized spacial score (nSPS) is 18.3. The number of fused-ring (bicyclic) bond motifs is 1. The molecule has 1 aliphatic heterocycles. The Hall–Kier alpha value is -2.46. The van der Waals surface area contributed by atoms with Crippen molar-refractivity contribution in [2.75, 3.05) is 18.0 Å². The number of sulfonamides is 1. The molecule has 10 heteroatoms. The largest absolute Gasteiger partial charge is 0.369 e. The number of nitrogens with zero attached hydrogens (tertiary/aromatic N) is 2. The third-order valence-electron chi connectivity index (χ3n) is 7.06. The van der Waals surface area contributed by atoms with Crippen LogP contribution in [-0.4, -0.2) is 44.7 Å². The summed E-state index contributed by atoms with van der Waals surface area (Å²) in [6.07, 6.45) is 6.57. The molecule has 2 aliphatic rings. The summed E-state index contributed by atoms with van der Waals surface area (Å²) < 4.78 is 47.6. The fourth-order valence-electron chi connectivity index (χ4n) is 5.42. The molecule has 0 unspecified atom stereocenters. The maximum absolute atomic E-state index is 13.6. The van der Waals surface area contributed by atoms with E-state index in [-0.39, 0.29) is 34.1 Å². The summed E-state index contributed by atoms with van der Waals surface area (Å²) in [4.78, 5) is 15.5. The van der Waals surface area contributed by atoms with Crippen LogP contribution in [0.3, 0.4) is 0 Å². The monoisotopic (exact) mass is 506 g/mol. The van der Waals surface area contributed by atoms with Crippen LogP contribution in [0, 0.1) is 25.6 Å². The number of halogens is 1. The van der Waals surface area contributed by atoms with E-state index in [0.29, 0.717) is 18.9 Å². The van der Waals surface area contributed by atoms with Crippen LogP contribution in [0.2, 0.25) is 0 Å². The molecule has 2 aromatic rings. The van der Waals surface area contributed by atoms with Crippen LogP contribution in [-0.2, 0) is 21.2 Å². The fraction of sp³-hybridized carbons (Fsp3) is 0.600. The zero-order chi connectivity index (χ0) is 25.2. The molecule has 1 fully saturated rings. The number of rotatable bonds is 9. The van der Waals surface area contributed by atoms with E-state index in [2.05, 4.69) is 20.1 Å². The van der Waals surface area contributed by atoms with Crippen molar-refractivity contribution >= 4 is 21.6 Å². The molecule has 1 amide bonds. The molecule has 1 aromatic carbocycles. The number of aryl methyl sites for hydroxylation is 2. The highest BCUT2D eigenvalue weighted by molar-refractivity contribution is 7.89. The van der Waals surface area contributed by atoms with E-state index in [0.717, 1.165) is 49.9 Å². The van der Waals surface area contributed by atoms with E-state index in [9.17, 15) is 17.6 Å². The van der Waals surface area contributed by atoms with Crippen LogP contribution in [0.5, 0.6) is 0 Å². The molecule has 192 valence electrons. The molecule has 2 heterocycles. The second kappa shape index (κ2) is 10.7. The summed E-state index contributed by atoms with van der Waals surface area (Å²) in [6, 6.07) is 3.66. The molecule has 4 rings (SSSR count). The Kier molecular flexibility index (Phi) is 7.80. The number of hydrogen-bond acceptors (Lipinski definition) is 6. The van der Waals surface area contributed by atoms with E-state index < -0.39 is 16.1 Å². The average molecular weight is 507 g/mol. The van der Waals surface area contributed by atoms with E-state index in [1.165, 1.54) is 12.5 Å². The zero-order valence-electron chi connectivity index (χ0n) is 20.6. The molecule has 2 N–H and O–H groups in total. The lowest BCUT2D eigenvalue weighted by molar-refractivity contribution is -0.123. The quantitative estimate of drug-likeness (QED) is 0.538. The lowest BCUT2D eigenvalue weighted by Crippen LogP contribution is -2.52. The van der Waals surface area contributed by atoms with Crippen molar-refractivity contribution in [3.05, 3.63) is 41.0 Å². The highest BCUT2D eigenvalue weighted by Crippen LogP contribution is 2.30. The number of carbonyl (C=O) groups excluding carboxylic acids is 1. The van der Waals surface area contributed by atoms with Crippen LogP contribution in [0.25, 0.3) is 0 Å². The van der Waals surface area contributed by atoms with Gasteiger partial charge in [0.05, 0.1) is 0 Å². The maximum atomic E-state index is 13.6. The number of amides is 1. The second-order valence-electron chi connectivity index (χ2n) is 9.95. The molecule has 1 aliphatic carbocycles. The Morgan fingerprint density at radius 3 is 2.69 bits per heavy atom. The van der Waals surface area contributed by atoms with Crippen LogP contribution < -0.4 is 14.9 Å². The first-order valence-electron chi connectivity index (χ1n) is 12.4. The van der Waals surface area contributed by atoms with Crippen molar-refractivity contribution in [2.24, 2.45) is 5.92 Å². The van der Waals surface area contributed by atoms with Gasteiger partial charge < -0.3 is 14.7 Å². The van der Waals surface area contributed by atoms with Gasteiger partial charge in [0.2, 0.25) is 15.9 Å². The molecule has 0 bridgehead atoms. The number of carbonyl (C=O) groups is 1. The summed E-state index contributed by atoms with van der Waals surface area (Å²) in [5.41, 5.74) is 2.21. The average Bonchev–Trinajstić information content (AvgIpc) is 3.35. The van der Waals surface area contributed by atoms with Crippen molar-refractivity contribution in [2.45, 2.75) is 82.7 Å². The van der Waals surface area contributed by atoms with Gasteiger partial charge in [-0.2, -0.15) is 4.72 Å². The zero-order valence-corrected chi connectivity index (χ0v) is 21.5. The number of aromatic nitrogens is 1. The molecular weight excluding hydrogens is 471 g/mol. The SMILES string of the molecule is Cc1noc(C)c1S(=O)(=O)N[C@@H](CC1CCCCC1)C(=O)N[C@@H](C)CN1CCc2cc(F)ccc21. The van der Waals surface area contributed by atoms with Crippen molar-refractivity contribution < 1.29 is 22.1 Å². The molecular formula is C25H35FN4O4S. The lowest BCUT2D eigenvalue weighted by Gasteiger charge is -2.29. The van der Waals surface area contributed by atoms with Crippen molar-refractivity contribution in [3.63, 3.8) is 0 Å². The van der Waals surface area contributed by atoms with Gasteiger partial charge in [-0.05, 0) is 63.3 Å². The topological polar surface area (TPSA) is 105 Å². The van der Waals surface area contributed by atoms with Gasteiger partial charge in [0.1, 0.15) is 22.4 Å². The summed E-state index contributed by atoms with van der Waals surface area (Å²) in [5.74, 6) is -0.0909. The molecule has 1 saturated carbocycles. The van der Waals surface area contributed by atoms with Crippen molar-refractivity contribution in [1.29, 1.82) is 0 Å². The molecule has 8 nitrogen and oxygen atoms in total. The second-order valence-corrected chi connectivity index (χ2v) is 11.6. The summed E-state index contributed by atoms with van der Waals surface area (Å²) in [7, 11) is -3.99. The highest BCUT2D eigenvalue weighted by Gasteiger charge is 2.33. The smallest absolute Gasteiger partial charge is 0.246 e. The van der Waals surface area contributed by atoms with Gasteiger partial charge in [0.25, 0.3) is 0 Å². The minimum absolute atomic E-state index is 0.00658. The third kappa shape index (κ3) is 6.03. The Balaban J connectivity index is 1.46. The molecule has 0 saturated heterocycles. The van der Waals surface area contributed by atoms with Crippen LogP contribution in [0.1, 0.15) is 62.5 Å². The van der Waals surface area contributed by atoms with E-state index in [1.54, 1.807) is 26.0 Å². The Morgan fingerprint density at radius 2 is 2.00 bits per heavy atom. The van der Waals surface area contributed by atoms with Gasteiger partial charge in [-0.1, -0.05) is 37.3 Å². The first-order chi connectivity index (χ1) is 16.6. The number of anilines is 1. The van der Waals surface area contributed by atoms with Crippen LogP contribution in [0.15, 0.2) is 27.6 Å². The van der Waals surface area contributed by atoms with Crippen molar-refractivity contribution in [3.8, 4) is 0 Å². The molecule has 0 spiro atoms. The first kappa shape index (κ1) is 25.6. The lowest BCUT2D eigenvalue weighted by atomic mass is 9.85. The molecule has 2 atom stereocenters. The predicted molar refractivity (Wildman–Crippen MR) is 131 cm³/mol. The minimum atomic E-state index is -3.99. The van der Waals surface area contributed by atoms with Crippen molar-refractivity contribution in [1.82, 2.24) is 15.2 Å². The number of nitrogens with one attached hydrogen (secondary N) is 2. The van der Waals surface area contributed by atoms with Gasteiger partial charge >= 0.3 is 0 Å². The van der Waals surface area contributed by atoms with Gasteiger partial charge in [-0.3, -0.25) is 4.79 Å². The summed E-state index contributed by atoms with van der Waals surface area (Å²) >= 11 is 0. The van der Waals surface area contributed by atoms with Gasteiger partial charge in [0, 0.05) is 24.8 Å². The first-order valence-corrected chi connectivity index (χ1v) is 13.9. The van der Waals surface area contributed by atoms with E-state index in [4.69, 9.17) is 4.52 Å². The Bertz CT molecular complexity index is 1140. The highest BCUT2D eigenvalue weighted by atomic mass is 32.2.